The molecule has 10 heteroatoms. The summed E-state index contributed by atoms with van der Waals surface area (Å²) in [5, 5.41) is 6.16. The number of ether oxygens (including phenoxy) is 2. The molecule has 42 heavy (non-hydrogen) atoms. The monoisotopic (exact) mass is 571 g/mol. The van der Waals surface area contributed by atoms with Crippen molar-refractivity contribution in [3.8, 4) is 28.8 Å². The van der Waals surface area contributed by atoms with E-state index in [2.05, 4.69) is 32.4 Å². The first-order chi connectivity index (χ1) is 20.1. The van der Waals surface area contributed by atoms with Crippen LogP contribution in [0.15, 0.2) is 36.7 Å². The summed E-state index contributed by atoms with van der Waals surface area (Å²) >= 11 is 0. The van der Waals surface area contributed by atoms with Crippen LogP contribution in [0.4, 0.5) is 20.6 Å². The van der Waals surface area contributed by atoms with Crippen LogP contribution in [0.5, 0.6) is 5.75 Å². The number of carbonyl (C=O) groups excluding carboxylic acids is 2. The molecule has 1 saturated carbocycles. The van der Waals surface area contributed by atoms with Crippen LogP contribution >= 0.6 is 0 Å². The van der Waals surface area contributed by atoms with E-state index in [0.717, 1.165) is 30.5 Å². The molecule has 3 N–H and O–H groups in total. The van der Waals surface area contributed by atoms with E-state index in [4.69, 9.17) is 9.47 Å². The van der Waals surface area contributed by atoms with Crippen LogP contribution in [0.25, 0.3) is 11.3 Å². The summed E-state index contributed by atoms with van der Waals surface area (Å²) in [5.74, 6) is 6.26. The number of halogens is 1. The maximum absolute atomic E-state index is 14.6. The number of hydrogen-bond acceptors (Lipinski definition) is 6. The summed E-state index contributed by atoms with van der Waals surface area (Å²) < 4.78 is 25.6. The van der Waals surface area contributed by atoms with Gasteiger partial charge in [-0.3, -0.25) is 14.7 Å². The lowest BCUT2D eigenvalue weighted by Gasteiger charge is -2.34. The topological polar surface area (TPSA) is 109 Å². The fourth-order valence-electron chi connectivity index (χ4n) is 6.27. The average Bonchev–Trinajstić information content (AvgIpc) is 3.65. The Kier molecular flexibility index (Phi) is 7.05. The molecule has 3 aromatic rings. The molecule has 3 atom stereocenters. The first kappa shape index (κ1) is 27.6. The van der Waals surface area contributed by atoms with E-state index in [-0.39, 0.29) is 35.8 Å². The van der Waals surface area contributed by atoms with Gasteiger partial charge in [0.2, 0.25) is 0 Å². The number of H-pyrrole nitrogens is 1. The third-order valence-corrected chi connectivity index (χ3v) is 8.03. The van der Waals surface area contributed by atoms with Crippen molar-refractivity contribution in [3.05, 3.63) is 59.3 Å². The number of aromatic amines is 1. The number of hydrogen-bond donors (Lipinski definition) is 3. The number of rotatable bonds is 4. The highest BCUT2D eigenvalue weighted by Crippen LogP contribution is 2.43. The SMILES string of the molecule is COc1c(F)cccc1Nc1c(-c2ccncc2C#C[C@H]2[C@@H]3CC[C@@H](C3)N2C(=O)OC(C)(C)C)[nH]c2c1C(=O)NCC2. The van der Waals surface area contributed by atoms with E-state index < -0.39 is 11.4 Å². The predicted molar refractivity (Wildman–Crippen MR) is 156 cm³/mol. The lowest BCUT2D eigenvalue weighted by Crippen LogP contribution is -2.46. The quantitative estimate of drug-likeness (QED) is 0.362. The highest BCUT2D eigenvalue weighted by Gasteiger charge is 2.48. The third kappa shape index (κ3) is 5.04. The smallest absolute Gasteiger partial charge is 0.411 e. The van der Waals surface area contributed by atoms with Crippen LogP contribution < -0.4 is 15.4 Å². The number of fused-ring (bicyclic) bond motifs is 3. The van der Waals surface area contributed by atoms with Crippen LogP contribution in [0.2, 0.25) is 0 Å². The normalized spacial score (nSPS) is 20.8. The van der Waals surface area contributed by atoms with Gasteiger partial charge in [-0.2, -0.15) is 0 Å². The molecule has 2 aliphatic heterocycles. The Balaban J connectivity index is 1.41. The zero-order valence-electron chi connectivity index (χ0n) is 24.1. The molecule has 1 saturated heterocycles. The number of nitrogens with zero attached hydrogens (tertiary/aromatic N) is 2. The Morgan fingerprint density at radius 1 is 1.24 bits per heavy atom. The molecule has 2 fully saturated rings. The highest BCUT2D eigenvalue weighted by atomic mass is 19.1. The Morgan fingerprint density at radius 2 is 2.07 bits per heavy atom. The van der Waals surface area contributed by atoms with Crippen molar-refractivity contribution in [2.75, 3.05) is 19.0 Å². The summed E-state index contributed by atoms with van der Waals surface area (Å²) in [5.41, 5.74) is 3.51. The second-order valence-electron chi connectivity index (χ2n) is 11.9. The van der Waals surface area contributed by atoms with Crippen molar-refractivity contribution in [1.29, 1.82) is 0 Å². The van der Waals surface area contributed by atoms with Crippen molar-refractivity contribution < 1.29 is 23.5 Å². The number of benzene rings is 1. The van der Waals surface area contributed by atoms with Gasteiger partial charge < -0.3 is 25.1 Å². The number of nitrogens with one attached hydrogen (secondary N) is 3. The van der Waals surface area contributed by atoms with Crippen LogP contribution in [0.3, 0.4) is 0 Å². The van der Waals surface area contributed by atoms with Crippen LogP contribution in [0.1, 0.15) is 61.6 Å². The Morgan fingerprint density at radius 3 is 2.86 bits per heavy atom. The highest BCUT2D eigenvalue weighted by molar-refractivity contribution is 6.06. The molecule has 2 aromatic heterocycles. The van der Waals surface area contributed by atoms with E-state index in [0.29, 0.717) is 41.2 Å². The van der Waals surface area contributed by atoms with Gasteiger partial charge in [-0.15, -0.1) is 0 Å². The molecule has 0 spiro atoms. The van der Waals surface area contributed by atoms with Crippen molar-refractivity contribution in [3.63, 3.8) is 0 Å². The average molecular weight is 572 g/mol. The van der Waals surface area contributed by atoms with Gasteiger partial charge in [-0.05, 0) is 64.2 Å². The van der Waals surface area contributed by atoms with Gasteiger partial charge in [0.05, 0.1) is 41.3 Å². The molecule has 3 aliphatic rings. The van der Waals surface area contributed by atoms with Gasteiger partial charge in [0.25, 0.3) is 5.91 Å². The maximum Gasteiger partial charge on any atom is 0.411 e. The van der Waals surface area contributed by atoms with Gasteiger partial charge >= 0.3 is 6.09 Å². The fourth-order valence-corrected chi connectivity index (χ4v) is 6.27. The van der Waals surface area contributed by atoms with Gasteiger partial charge in [-0.1, -0.05) is 17.9 Å². The summed E-state index contributed by atoms with van der Waals surface area (Å²) in [7, 11) is 1.40. The van der Waals surface area contributed by atoms with Crippen molar-refractivity contribution >= 4 is 23.4 Å². The Bertz CT molecular complexity index is 1610. The molecule has 6 rings (SSSR count). The zero-order valence-corrected chi connectivity index (χ0v) is 24.1. The molecule has 0 unspecified atom stereocenters. The largest absolute Gasteiger partial charge is 0.492 e. The van der Waals surface area contributed by atoms with Gasteiger partial charge in [-0.25, -0.2) is 9.18 Å². The molecule has 2 bridgehead atoms. The lowest BCUT2D eigenvalue weighted by molar-refractivity contribution is 0.0134. The number of aromatic nitrogens is 2. The Hall–Kier alpha value is -4.52. The summed E-state index contributed by atoms with van der Waals surface area (Å²) in [6, 6.07) is 6.29. The van der Waals surface area contributed by atoms with Crippen molar-refractivity contribution in [2.24, 2.45) is 5.92 Å². The first-order valence-corrected chi connectivity index (χ1v) is 14.2. The fraction of sp³-hybridized carbons (Fsp3) is 0.406. The number of likely N-dealkylation sites (tertiary alicyclic amines) is 1. The molecule has 9 nitrogen and oxygen atoms in total. The number of carbonyl (C=O) groups is 2. The molecule has 0 radical (unpaired) electrons. The summed E-state index contributed by atoms with van der Waals surface area (Å²) in [6.45, 7) is 6.09. The third-order valence-electron chi connectivity index (χ3n) is 8.03. The van der Waals surface area contributed by atoms with E-state index in [1.807, 2.05) is 31.7 Å². The lowest BCUT2D eigenvalue weighted by atomic mass is 9.98. The Labute approximate surface area is 244 Å². The van der Waals surface area contributed by atoms with E-state index in [9.17, 15) is 14.0 Å². The molecular weight excluding hydrogens is 537 g/mol. The minimum atomic E-state index is -0.597. The zero-order chi connectivity index (χ0) is 29.6. The van der Waals surface area contributed by atoms with E-state index in [1.165, 1.54) is 13.2 Å². The molecule has 1 aromatic carbocycles. The second kappa shape index (κ2) is 10.7. The molecular formula is C32H34FN5O4. The minimum Gasteiger partial charge on any atom is -0.492 e. The van der Waals surface area contributed by atoms with Crippen molar-refractivity contribution in [1.82, 2.24) is 20.2 Å². The standard InChI is InChI=1S/C32H34FN5O4/c1-32(2,3)42-31(40)38-20-10-8-18(16-20)25(38)11-9-19-17-34-14-12-21(19)27-28(26-23(36-27)13-15-35-30(26)39)37-24-7-5-6-22(33)29(24)41-4/h5-7,12,14,17-18,20,25,36-37H,8,10,13,15-16H2,1-4H3,(H,35,39)/t18-,20+,25+/m1/s1. The number of piperidine rings is 1. The number of anilines is 2. The van der Waals surface area contributed by atoms with Gasteiger partial charge in [0.15, 0.2) is 11.6 Å². The van der Waals surface area contributed by atoms with Crippen LogP contribution in [-0.4, -0.2) is 58.2 Å². The second-order valence-corrected chi connectivity index (χ2v) is 11.9. The van der Waals surface area contributed by atoms with E-state index >= 15 is 0 Å². The number of pyridine rings is 1. The minimum absolute atomic E-state index is 0.0443. The number of methoxy groups -OCH3 is 1. The first-order valence-electron chi connectivity index (χ1n) is 14.2. The van der Waals surface area contributed by atoms with Crippen LogP contribution in [-0.2, 0) is 11.2 Å². The molecule has 2 amide bonds. The van der Waals surface area contributed by atoms with E-state index in [1.54, 1.807) is 24.5 Å². The summed E-state index contributed by atoms with van der Waals surface area (Å²) in [4.78, 5) is 35.8. The summed E-state index contributed by atoms with van der Waals surface area (Å²) in [6.07, 6.45) is 6.51. The molecule has 218 valence electrons. The van der Waals surface area contributed by atoms with Crippen molar-refractivity contribution in [2.45, 2.75) is 64.1 Å². The van der Waals surface area contributed by atoms with Gasteiger partial charge in [0, 0.05) is 42.7 Å². The molecule has 4 heterocycles. The number of para-hydroxylation sites is 1. The number of amides is 2. The maximum atomic E-state index is 14.6. The van der Waals surface area contributed by atoms with Crippen LogP contribution in [0, 0.1) is 23.6 Å². The molecule has 1 aliphatic carbocycles. The van der Waals surface area contributed by atoms with Gasteiger partial charge in [0.1, 0.15) is 5.60 Å². The predicted octanol–water partition coefficient (Wildman–Crippen LogP) is 5.39.